The molecule has 1 aromatic carbocycles. The Balaban J connectivity index is 1.18. The third-order valence-electron chi connectivity index (χ3n) is 9.95. The summed E-state index contributed by atoms with van der Waals surface area (Å²) in [7, 11) is -3.83. The van der Waals surface area contributed by atoms with Crippen molar-refractivity contribution in [1.82, 2.24) is 24.9 Å². The van der Waals surface area contributed by atoms with E-state index in [0.29, 0.717) is 29.6 Å². The lowest BCUT2D eigenvalue weighted by Crippen LogP contribution is -2.57. The highest BCUT2D eigenvalue weighted by Gasteiger charge is 2.62. The van der Waals surface area contributed by atoms with Crippen molar-refractivity contribution in [2.24, 2.45) is 5.92 Å². The Morgan fingerprint density at radius 2 is 1.90 bits per heavy atom. The first-order chi connectivity index (χ1) is 23.8. The van der Waals surface area contributed by atoms with Crippen LogP contribution in [0.3, 0.4) is 0 Å². The molecule has 0 unspecified atom stereocenters. The predicted molar refractivity (Wildman–Crippen MR) is 194 cm³/mol. The standard InChI is InChI=1S/C35H44N6O6S3/c1-34(2,3)28-20-48-32(38-28)36-25-13-8-6-4-5-7-11-21-18-35(21,31(44)40-50(45,46)23-15-16-23)39-29(42)26-17-22(19-41(26)30(25)43)47-33-37-24-12-9-10-14-27(24)49-33/h7,9-12,14,20-23,25-26H,4-6,8,13,15-19H2,1-3H3,(H,36,38)(H,39,42)(H,40,44)/b11-7-/t21-,22+,25-,26-,35+/m0/s1. The fourth-order valence-electron chi connectivity index (χ4n) is 6.72. The number of carbonyl (C=O) groups excluding carboxylic acids is 3. The van der Waals surface area contributed by atoms with Gasteiger partial charge in [0.15, 0.2) is 5.13 Å². The van der Waals surface area contributed by atoms with E-state index in [1.807, 2.05) is 41.8 Å². The maximum atomic E-state index is 14.6. The minimum absolute atomic E-state index is 0.148. The molecule has 12 nitrogen and oxygen atoms in total. The molecule has 1 saturated heterocycles. The lowest BCUT2D eigenvalue weighted by molar-refractivity contribution is -0.140. The van der Waals surface area contributed by atoms with Crippen molar-refractivity contribution in [3.63, 3.8) is 0 Å². The van der Waals surface area contributed by atoms with Gasteiger partial charge in [-0.25, -0.2) is 18.4 Å². The molecule has 7 rings (SSSR count). The zero-order valence-corrected chi connectivity index (χ0v) is 31.0. The van der Waals surface area contributed by atoms with Crippen LogP contribution in [0.4, 0.5) is 5.13 Å². The van der Waals surface area contributed by atoms with Crippen LogP contribution in [0.5, 0.6) is 5.19 Å². The van der Waals surface area contributed by atoms with E-state index in [1.165, 1.54) is 22.7 Å². The van der Waals surface area contributed by atoms with Crippen molar-refractivity contribution in [2.75, 3.05) is 11.9 Å². The first kappa shape index (κ1) is 34.9. The second-order valence-corrected chi connectivity index (χ2v) is 18.7. The minimum Gasteiger partial charge on any atom is -0.465 e. The number of aromatic nitrogens is 2. The fraction of sp³-hybridized carbons (Fsp3) is 0.571. The number of sulfonamides is 1. The molecule has 3 amide bonds. The van der Waals surface area contributed by atoms with Crippen molar-refractivity contribution in [2.45, 2.75) is 113 Å². The average Bonchev–Trinajstić information content (AvgIpc) is 3.86. The Labute approximate surface area is 300 Å². The SMILES string of the molecule is CC(C)(C)c1csc(N[C@H]2CCCCC/C=C\[C@H]3C[C@@]3(C(=O)NS(=O)(=O)C3CC3)NC(=O)[C@@H]3C[C@@H](Oc4nc5ccccc5s4)CN3C2=O)n1. The van der Waals surface area contributed by atoms with Crippen molar-refractivity contribution in [3.05, 3.63) is 47.5 Å². The molecule has 268 valence electrons. The normalized spacial score (nSPS) is 28.5. The number of nitrogens with zero attached hydrogens (tertiary/aromatic N) is 3. The maximum Gasteiger partial charge on any atom is 0.274 e. The number of benzene rings is 1. The number of ether oxygens (including phenoxy) is 1. The highest BCUT2D eigenvalue weighted by Crippen LogP contribution is 2.46. The van der Waals surface area contributed by atoms with Gasteiger partial charge in [-0.2, -0.15) is 0 Å². The average molecular weight is 741 g/mol. The van der Waals surface area contributed by atoms with E-state index in [0.717, 1.165) is 41.6 Å². The van der Waals surface area contributed by atoms with Crippen LogP contribution in [0.25, 0.3) is 10.2 Å². The maximum absolute atomic E-state index is 14.6. The number of anilines is 1. The Bertz CT molecular complexity index is 1880. The van der Waals surface area contributed by atoms with E-state index in [1.54, 1.807) is 4.90 Å². The summed E-state index contributed by atoms with van der Waals surface area (Å²) >= 11 is 2.85. The predicted octanol–water partition coefficient (Wildman–Crippen LogP) is 4.88. The van der Waals surface area contributed by atoms with Crippen LogP contribution in [0.15, 0.2) is 41.8 Å². The van der Waals surface area contributed by atoms with Crippen LogP contribution in [-0.4, -0.2) is 76.5 Å². The first-order valence-electron chi connectivity index (χ1n) is 17.4. The topological polar surface area (TPSA) is 160 Å². The summed E-state index contributed by atoms with van der Waals surface area (Å²) in [4.78, 5) is 53.5. The summed E-state index contributed by atoms with van der Waals surface area (Å²) in [5, 5.41) is 8.85. The van der Waals surface area contributed by atoms with Gasteiger partial charge >= 0.3 is 0 Å². The smallest absolute Gasteiger partial charge is 0.274 e. The largest absolute Gasteiger partial charge is 0.465 e. The number of para-hydroxylation sites is 1. The molecule has 0 bridgehead atoms. The summed E-state index contributed by atoms with van der Waals surface area (Å²) in [6.07, 6.45) is 8.77. The van der Waals surface area contributed by atoms with Crippen LogP contribution in [0, 0.1) is 5.92 Å². The molecule has 2 aliphatic heterocycles. The minimum atomic E-state index is -3.83. The van der Waals surface area contributed by atoms with Gasteiger partial charge in [-0.1, -0.05) is 69.2 Å². The number of hydrogen-bond acceptors (Lipinski definition) is 11. The molecule has 3 aromatic rings. The monoisotopic (exact) mass is 740 g/mol. The second-order valence-electron chi connectivity index (χ2n) is 14.9. The molecule has 4 aliphatic rings. The molecule has 4 heterocycles. The molecule has 2 saturated carbocycles. The number of allylic oxidation sites excluding steroid dienone is 1. The number of thiazole rings is 2. The highest BCUT2D eigenvalue weighted by atomic mass is 32.2. The van der Waals surface area contributed by atoms with Crippen LogP contribution >= 0.6 is 22.7 Å². The summed E-state index contributed by atoms with van der Waals surface area (Å²) in [5.74, 6) is -1.85. The van der Waals surface area contributed by atoms with Crippen LogP contribution in [0.2, 0.25) is 0 Å². The number of carbonyl (C=O) groups is 3. The molecule has 2 aliphatic carbocycles. The van der Waals surface area contributed by atoms with Gasteiger partial charge in [0.05, 0.1) is 27.7 Å². The second kappa shape index (κ2) is 13.5. The lowest BCUT2D eigenvalue weighted by Gasteiger charge is -2.29. The van der Waals surface area contributed by atoms with E-state index < -0.39 is 50.8 Å². The number of nitrogens with one attached hydrogen (secondary N) is 3. The van der Waals surface area contributed by atoms with E-state index >= 15 is 0 Å². The number of hydrogen-bond donors (Lipinski definition) is 3. The first-order valence-corrected chi connectivity index (χ1v) is 20.7. The van der Waals surface area contributed by atoms with Crippen molar-refractivity contribution < 1.29 is 27.5 Å². The highest BCUT2D eigenvalue weighted by molar-refractivity contribution is 7.91. The summed E-state index contributed by atoms with van der Waals surface area (Å²) in [5.41, 5.74) is 0.159. The number of amides is 3. The Morgan fingerprint density at radius 1 is 1.10 bits per heavy atom. The third-order valence-corrected chi connectivity index (χ3v) is 13.5. The van der Waals surface area contributed by atoms with Crippen molar-refractivity contribution in [1.29, 1.82) is 0 Å². The lowest BCUT2D eigenvalue weighted by atomic mass is 9.93. The number of rotatable bonds is 7. The molecular weight excluding hydrogens is 697 g/mol. The van der Waals surface area contributed by atoms with Gasteiger partial charge < -0.3 is 20.3 Å². The van der Waals surface area contributed by atoms with Gasteiger partial charge in [0.2, 0.25) is 21.8 Å². The van der Waals surface area contributed by atoms with Crippen LogP contribution in [0.1, 0.15) is 84.3 Å². The molecule has 15 heteroatoms. The van der Waals surface area contributed by atoms with E-state index in [2.05, 4.69) is 41.1 Å². The summed E-state index contributed by atoms with van der Waals surface area (Å²) < 4.78 is 35.1. The Hall–Kier alpha value is -3.56. The van der Waals surface area contributed by atoms with Crippen molar-refractivity contribution in [3.8, 4) is 5.19 Å². The summed E-state index contributed by atoms with van der Waals surface area (Å²) in [6, 6.07) is 6.12. The van der Waals surface area contributed by atoms with Gasteiger partial charge in [0, 0.05) is 23.1 Å². The van der Waals surface area contributed by atoms with Gasteiger partial charge in [0.1, 0.15) is 23.7 Å². The molecule has 5 atom stereocenters. The Morgan fingerprint density at radius 3 is 2.64 bits per heavy atom. The summed E-state index contributed by atoms with van der Waals surface area (Å²) in [6.45, 7) is 6.42. The Kier molecular flexibility index (Phi) is 9.44. The van der Waals surface area contributed by atoms with Crippen LogP contribution in [-0.2, 0) is 29.8 Å². The van der Waals surface area contributed by atoms with Gasteiger partial charge in [-0.3, -0.25) is 19.1 Å². The molecule has 0 radical (unpaired) electrons. The molecule has 3 fully saturated rings. The van der Waals surface area contributed by atoms with E-state index in [4.69, 9.17) is 9.72 Å². The third kappa shape index (κ3) is 7.40. The number of fused-ring (bicyclic) bond motifs is 3. The fourth-order valence-corrected chi connectivity index (χ4v) is 9.96. The molecule has 2 aromatic heterocycles. The molecule has 3 N–H and O–H groups in total. The van der Waals surface area contributed by atoms with E-state index in [-0.39, 0.29) is 36.6 Å². The quantitative estimate of drug-likeness (QED) is 0.287. The zero-order chi connectivity index (χ0) is 35.3. The van der Waals surface area contributed by atoms with Gasteiger partial charge in [-0.15, -0.1) is 11.3 Å². The van der Waals surface area contributed by atoms with Gasteiger partial charge in [-0.05, 0) is 50.7 Å². The molecule has 50 heavy (non-hydrogen) atoms. The van der Waals surface area contributed by atoms with Gasteiger partial charge in [0.25, 0.3) is 11.1 Å². The zero-order valence-electron chi connectivity index (χ0n) is 28.5. The van der Waals surface area contributed by atoms with E-state index in [9.17, 15) is 22.8 Å². The van der Waals surface area contributed by atoms with Crippen LogP contribution < -0.4 is 20.1 Å². The van der Waals surface area contributed by atoms with Crippen molar-refractivity contribution >= 4 is 65.8 Å². The molecular formula is C35H44N6O6S3. The molecule has 0 spiro atoms.